The molecule has 1 aliphatic rings. The maximum atomic E-state index is 12.4. The van der Waals surface area contributed by atoms with Crippen LogP contribution in [-0.2, 0) is 17.9 Å². The number of rotatable bonds is 9. The van der Waals surface area contributed by atoms with Crippen molar-refractivity contribution in [1.82, 2.24) is 20.0 Å². The topological polar surface area (TPSA) is 59.4 Å². The van der Waals surface area contributed by atoms with E-state index in [1.165, 1.54) is 0 Å². The van der Waals surface area contributed by atoms with Crippen molar-refractivity contribution in [3.05, 3.63) is 36.0 Å². The summed E-state index contributed by atoms with van der Waals surface area (Å²) < 4.78 is 7.53. The van der Waals surface area contributed by atoms with E-state index in [0.29, 0.717) is 13.2 Å². The van der Waals surface area contributed by atoms with E-state index in [1.807, 2.05) is 24.3 Å². The van der Waals surface area contributed by atoms with E-state index < -0.39 is 0 Å². The van der Waals surface area contributed by atoms with Crippen LogP contribution in [0.4, 0.5) is 0 Å². The zero-order valence-corrected chi connectivity index (χ0v) is 15.7. The molecule has 1 N–H and O–H groups in total. The van der Waals surface area contributed by atoms with Crippen LogP contribution in [0.3, 0.4) is 0 Å². The minimum absolute atomic E-state index is 0.00665. The van der Waals surface area contributed by atoms with Gasteiger partial charge in [0.05, 0.1) is 11.9 Å². The molecule has 6 heteroatoms. The maximum absolute atomic E-state index is 12.4. The second-order valence-corrected chi connectivity index (χ2v) is 6.65. The van der Waals surface area contributed by atoms with Crippen LogP contribution in [0.5, 0.6) is 5.75 Å². The van der Waals surface area contributed by atoms with Crippen molar-refractivity contribution in [2.45, 2.75) is 39.8 Å². The Kier molecular flexibility index (Phi) is 6.28. The third-order valence-electron chi connectivity index (χ3n) is 4.56. The average Bonchev–Trinajstić information content (AvgIpc) is 3.05. The molecule has 1 amide bonds. The molecule has 6 nitrogen and oxygen atoms in total. The summed E-state index contributed by atoms with van der Waals surface area (Å²) in [6.45, 7) is 8.80. The summed E-state index contributed by atoms with van der Waals surface area (Å²) in [6.07, 6.45) is 4.06. The maximum Gasteiger partial charge on any atom is 0.241 e. The van der Waals surface area contributed by atoms with Crippen LogP contribution < -0.4 is 10.1 Å². The van der Waals surface area contributed by atoms with Crippen molar-refractivity contribution in [3.8, 4) is 17.0 Å². The molecule has 26 heavy (non-hydrogen) atoms. The Bertz CT molecular complexity index is 735. The minimum atomic E-state index is -0.00665. The monoisotopic (exact) mass is 356 g/mol. The Hall–Kier alpha value is -2.34. The standard InChI is InChI=1S/C20H28N4O2/c1-3-10-23(11-4-2)12-9-21-19(25)14-24-20-16(13-22-24)15-26-18-8-6-5-7-17(18)20/h5-8,13H,3-4,9-12,14-15H2,1-2H3,(H,21,25). The quantitative estimate of drug-likeness (QED) is 0.750. The molecule has 3 rings (SSSR count). The largest absolute Gasteiger partial charge is 0.488 e. The number of aromatic nitrogens is 2. The molecular formula is C20H28N4O2. The van der Waals surface area contributed by atoms with Crippen LogP contribution in [-0.4, -0.2) is 46.8 Å². The molecule has 0 aliphatic carbocycles. The van der Waals surface area contributed by atoms with Gasteiger partial charge in [0.15, 0.2) is 0 Å². The molecule has 0 saturated heterocycles. The zero-order chi connectivity index (χ0) is 18.4. The van der Waals surface area contributed by atoms with E-state index in [4.69, 9.17) is 4.74 Å². The Balaban J connectivity index is 1.59. The Labute approximate surface area is 155 Å². The normalized spacial score (nSPS) is 12.4. The molecule has 1 aromatic heterocycles. The van der Waals surface area contributed by atoms with Crippen molar-refractivity contribution >= 4 is 5.91 Å². The van der Waals surface area contributed by atoms with Crippen LogP contribution in [0.25, 0.3) is 11.3 Å². The average molecular weight is 356 g/mol. The highest BCUT2D eigenvalue weighted by molar-refractivity contribution is 5.78. The molecule has 140 valence electrons. The van der Waals surface area contributed by atoms with Gasteiger partial charge in [-0.1, -0.05) is 26.0 Å². The van der Waals surface area contributed by atoms with E-state index in [-0.39, 0.29) is 12.5 Å². The Morgan fingerprint density at radius 2 is 2.00 bits per heavy atom. The van der Waals surface area contributed by atoms with Crippen molar-refractivity contribution in [2.75, 3.05) is 26.2 Å². The second kappa shape index (κ2) is 8.85. The van der Waals surface area contributed by atoms with Gasteiger partial charge in [-0.05, 0) is 38.1 Å². The van der Waals surface area contributed by atoms with Crippen LogP contribution in [0, 0.1) is 0 Å². The number of carbonyl (C=O) groups excluding carboxylic acids is 1. The molecule has 2 aromatic rings. The number of fused-ring (bicyclic) bond motifs is 3. The number of carbonyl (C=O) groups is 1. The molecule has 0 atom stereocenters. The fourth-order valence-electron chi connectivity index (χ4n) is 3.42. The third kappa shape index (κ3) is 4.25. The minimum Gasteiger partial charge on any atom is -0.488 e. The molecule has 0 bridgehead atoms. The van der Waals surface area contributed by atoms with Gasteiger partial charge in [-0.2, -0.15) is 5.10 Å². The highest BCUT2D eigenvalue weighted by atomic mass is 16.5. The molecule has 0 spiro atoms. The summed E-state index contributed by atoms with van der Waals surface area (Å²) >= 11 is 0. The van der Waals surface area contributed by atoms with Crippen LogP contribution >= 0.6 is 0 Å². The molecule has 0 radical (unpaired) electrons. The number of ether oxygens (including phenoxy) is 1. The van der Waals surface area contributed by atoms with E-state index in [0.717, 1.165) is 55.0 Å². The summed E-state index contributed by atoms with van der Waals surface area (Å²) in [6, 6.07) is 7.89. The number of para-hydroxylation sites is 1. The smallest absolute Gasteiger partial charge is 0.241 e. The van der Waals surface area contributed by atoms with Gasteiger partial charge in [0.25, 0.3) is 0 Å². The summed E-state index contributed by atoms with van der Waals surface area (Å²) in [5.41, 5.74) is 3.00. The fourth-order valence-corrected chi connectivity index (χ4v) is 3.42. The Morgan fingerprint density at radius 1 is 1.23 bits per heavy atom. The summed E-state index contributed by atoms with van der Waals surface area (Å²) in [5.74, 6) is 0.838. The number of hydrogen-bond donors (Lipinski definition) is 1. The van der Waals surface area contributed by atoms with Crippen LogP contribution in [0.1, 0.15) is 32.3 Å². The van der Waals surface area contributed by atoms with Crippen molar-refractivity contribution in [2.24, 2.45) is 0 Å². The molecule has 1 aliphatic heterocycles. The lowest BCUT2D eigenvalue weighted by molar-refractivity contribution is -0.121. The van der Waals surface area contributed by atoms with Gasteiger partial charge >= 0.3 is 0 Å². The highest BCUT2D eigenvalue weighted by Crippen LogP contribution is 2.36. The van der Waals surface area contributed by atoms with E-state index in [2.05, 4.69) is 29.2 Å². The number of nitrogens with zero attached hydrogens (tertiary/aromatic N) is 3. The van der Waals surface area contributed by atoms with Crippen LogP contribution in [0.2, 0.25) is 0 Å². The van der Waals surface area contributed by atoms with Gasteiger partial charge in [0, 0.05) is 24.2 Å². The van der Waals surface area contributed by atoms with Crippen LogP contribution in [0.15, 0.2) is 30.5 Å². The van der Waals surface area contributed by atoms with Gasteiger partial charge < -0.3 is 15.0 Å². The van der Waals surface area contributed by atoms with Gasteiger partial charge in [-0.15, -0.1) is 0 Å². The third-order valence-corrected chi connectivity index (χ3v) is 4.56. The molecule has 2 heterocycles. The number of nitrogens with one attached hydrogen (secondary N) is 1. The first-order chi connectivity index (χ1) is 12.7. The Morgan fingerprint density at radius 3 is 2.77 bits per heavy atom. The number of benzene rings is 1. The second-order valence-electron chi connectivity index (χ2n) is 6.65. The van der Waals surface area contributed by atoms with Crippen molar-refractivity contribution < 1.29 is 9.53 Å². The van der Waals surface area contributed by atoms with E-state index in [9.17, 15) is 4.79 Å². The van der Waals surface area contributed by atoms with E-state index >= 15 is 0 Å². The lowest BCUT2D eigenvalue weighted by atomic mass is 10.0. The molecule has 0 saturated carbocycles. The van der Waals surface area contributed by atoms with Crippen molar-refractivity contribution in [3.63, 3.8) is 0 Å². The summed E-state index contributed by atoms with van der Waals surface area (Å²) in [7, 11) is 0. The van der Waals surface area contributed by atoms with Gasteiger partial charge in [-0.25, -0.2) is 0 Å². The first-order valence-corrected chi connectivity index (χ1v) is 9.48. The molecule has 0 fully saturated rings. The zero-order valence-electron chi connectivity index (χ0n) is 15.7. The fraction of sp³-hybridized carbons (Fsp3) is 0.500. The molecule has 1 aromatic carbocycles. The molecular weight excluding hydrogens is 328 g/mol. The number of hydrogen-bond acceptors (Lipinski definition) is 4. The van der Waals surface area contributed by atoms with E-state index in [1.54, 1.807) is 10.9 Å². The van der Waals surface area contributed by atoms with Gasteiger partial charge in [0.1, 0.15) is 18.9 Å². The lowest BCUT2D eigenvalue weighted by Gasteiger charge is -2.21. The lowest BCUT2D eigenvalue weighted by Crippen LogP contribution is -2.37. The van der Waals surface area contributed by atoms with Crippen molar-refractivity contribution in [1.29, 1.82) is 0 Å². The SMILES string of the molecule is CCCN(CCC)CCNC(=O)Cn1ncc2c1-c1ccccc1OC2. The molecule has 0 unspecified atom stereocenters. The van der Waals surface area contributed by atoms with Gasteiger partial charge in [-0.3, -0.25) is 9.48 Å². The predicted molar refractivity (Wildman–Crippen MR) is 102 cm³/mol. The first kappa shape index (κ1) is 18.5. The predicted octanol–water partition coefficient (Wildman–Crippen LogP) is 2.68. The summed E-state index contributed by atoms with van der Waals surface area (Å²) in [4.78, 5) is 14.8. The number of amides is 1. The van der Waals surface area contributed by atoms with Gasteiger partial charge in [0.2, 0.25) is 5.91 Å². The first-order valence-electron chi connectivity index (χ1n) is 9.48. The highest BCUT2D eigenvalue weighted by Gasteiger charge is 2.22. The summed E-state index contributed by atoms with van der Waals surface area (Å²) in [5, 5.41) is 7.43.